The monoisotopic (exact) mass is 365 g/mol. The summed E-state index contributed by atoms with van der Waals surface area (Å²) in [6.45, 7) is 4.94. The summed E-state index contributed by atoms with van der Waals surface area (Å²) in [4.78, 5) is 25.3. The van der Waals surface area contributed by atoms with Crippen LogP contribution in [0.15, 0.2) is 29.2 Å². The zero-order chi connectivity index (χ0) is 18.1. The third-order valence-corrected chi connectivity index (χ3v) is 5.34. The van der Waals surface area contributed by atoms with Crippen molar-refractivity contribution in [3.63, 3.8) is 0 Å². The van der Waals surface area contributed by atoms with E-state index in [2.05, 4.69) is 22.9 Å². The molecule has 2 atom stereocenters. The average Bonchev–Trinajstić information content (AvgIpc) is 2.62. The maximum absolute atomic E-state index is 12.7. The van der Waals surface area contributed by atoms with Crippen molar-refractivity contribution in [3.8, 4) is 0 Å². The van der Waals surface area contributed by atoms with E-state index in [4.69, 9.17) is 4.74 Å². The van der Waals surface area contributed by atoms with Gasteiger partial charge in [0.05, 0.1) is 17.9 Å². The highest BCUT2D eigenvalue weighted by Crippen LogP contribution is 2.23. The summed E-state index contributed by atoms with van der Waals surface area (Å²) in [5.41, 5.74) is 0.620. The lowest BCUT2D eigenvalue weighted by molar-refractivity contribution is -0.118. The first-order valence-corrected chi connectivity index (χ1v) is 9.59. The maximum atomic E-state index is 12.7. The van der Waals surface area contributed by atoms with E-state index in [0.717, 1.165) is 24.4 Å². The molecule has 1 aromatic carbocycles. The number of nitrogens with one attached hydrogen (secondary N) is 3. The molecule has 138 valence electrons. The van der Waals surface area contributed by atoms with Crippen LogP contribution in [0.4, 0.5) is 0 Å². The summed E-state index contributed by atoms with van der Waals surface area (Å²) >= 11 is 1.38. The van der Waals surface area contributed by atoms with Gasteiger partial charge in [-0.2, -0.15) is 0 Å². The molecule has 1 saturated heterocycles. The number of rotatable bonds is 8. The van der Waals surface area contributed by atoms with Crippen LogP contribution in [0.1, 0.15) is 23.7 Å². The SMILES string of the molecule is COCCNC(=O)CSc1ccccc1C(=O)NC1CNCCC1C. The van der Waals surface area contributed by atoms with E-state index in [0.29, 0.717) is 24.6 Å². The van der Waals surface area contributed by atoms with Crippen molar-refractivity contribution in [1.82, 2.24) is 16.0 Å². The largest absolute Gasteiger partial charge is 0.383 e. The Kier molecular flexibility index (Phi) is 8.24. The zero-order valence-electron chi connectivity index (χ0n) is 14.8. The van der Waals surface area contributed by atoms with E-state index < -0.39 is 0 Å². The van der Waals surface area contributed by atoms with Crippen LogP contribution in [0.2, 0.25) is 0 Å². The van der Waals surface area contributed by atoms with Gasteiger partial charge in [0, 0.05) is 31.1 Å². The second-order valence-electron chi connectivity index (χ2n) is 6.18. The average molecular weight is 365 g/mol. The van der Waals surface area contributed by atoms with Gasteiger partial charge in [-0.25, -0.2) is 0 Å². The summed E-state index contributed by atoms with van der Waals surface area (Å²) in [5, 5.41) is 9.22. The highest BCUT2D eigenvalue weighted by atomic mass is 32.2. The number of thioether (sulfide) groups is 1. The Morgan fingerprint density at radius 1 is 1.36 bits per heavy atom. The standard InChI is InChI=1S/C18H27N3O3S/c1-13-7-8-19-11-15(13)21-18(23)14-5-3-4-6-16(14)25-12-17(22)20-9-10-24-2/h3-6,13,15,19H,7-12H2,1-2H3,(H,20,22)(H,21,23). The Morgan fingerprint density at radius 3 is 2.92 bits per heavy atom. The predicted molar refractivity (Wildman–Crippen MR) is 100.0 cm³/mol. The highest BCUT2D eigenvalue weighted by molar-refractivity contribution is 8.00. The molecular weight excluding hydrogens is 338 g/mol. The second-order valence-corrected chi connectivity index (χ2v) is 7.19. The molecule has 0 aliphatic carbocycles. The number of benzene rings is 1. The van der Waals surface area contributed by atoms with E-state index in [-0.39, 0.29) is 23.6 Å². The lowest BCUT2D eigenvalue weighted by Gasteiger charge is -2.30. The van der Waals surface area contributed by atoms with Gasteiger partial charge in [-0.15, -0.1) is 11.8 Å². The van der Waals surface area contributed by atoms with Crippen LogP contribution in [0.25, 0.3) is 0 Å². The topological polar surface area (TPSA) is 79.5 Å². The Labute approximate surface area is 153 Å². The van der Waals surface area contributed by atoms with Gasteiger partial charge < -0.3 is 20.7 Å². The Balaban J connectivity index is 1.92. The fourth-order valence-corrected chi connectivity index (χ4v) is 3.58. The minimum absolute atomic E-state index is 0.0673. The number of amides is 2. The lowest BCUT2D eigenvalue weighted by atomic mass is 9.94. The predicted octanol–water partition coefficient (Wildman–Crippen LogP) is 1.27. The second kappa shape index (κ2) is 10.4. The van der Waals surface area contributed by atoms with Crippen molar-refractivity contribution in [3.05, 3.63) is 29.8 Å². The van der Waals surface area contributed by atoms with Crippen LogP contribution < -0.4 is 16.0 Å². The summed E-state index contributed by atoms with van der Waals surface area (Å²) in [6.07, 6.45) is 1.06. The van der Waals surface area contributed by atoms with E-state index >= 15 is 0 Å². The third kappa shape index (κ3) is 6.34. The van der Waals surface area contributed by atoms with Gasteiger partial charge in [-0.1, -0.05) is 19.1 Å². The van der Waals surface area contributed by atoms with Gasteiger partial charge in [0.1, 0.15) is 0 Å². The molecular formula is C18H27N3O3S. The first-order chi connectivity index (χ1) is 12.1. The Hall–Kier alpha value is -1.57. The summed E-state index contributed by atoms with van der Waals surface area (Å²) < 4.78 is 4.91. The third-order valence-electron chi connectivity index (χ3n) is 4.26. The molecule has 0 saturated carbocycles. The van der Waals surface area contributed by atoms with Gasteiger partial charge in [0.15, 0.2) is 0 Å². The number of hydrogen-bond acceptors (Lipinski definition) is 5. The van der Waals surface area contributed by atoms with Crippen LogP contribution in [0.3, 0.4) is 0 Å². The quantitative estimate of drug-likeness (QED) is 0.478. The van der Waals surface area contributed by atoms with E-state index in [1.807, 2.05) is 18.2 Å². The molecule has 1 heterocycles. The summed E-state index contributed by atoms with van der Waals surface area (Å²) in [6, 6.07) is 7.55. The number of carbonyl (C=O) groups excluding carboxylic acids is 2. The van der Waals surface area contributed by atoms with Crippen molar-refractivity contribution in [1.29, 1.82) is 0 Å². The Bertz CT molecular complexity index is 582. The lowest BCUT2D eigenvalue weighted by Crippen LogP contribution is -2.50. The minimum atomic E-state index is -0.0801. The molecule has 1 aliphatic heterocycles. The number of carbonyl (C=O) groups is 2. The molecule has 1 aliphatic rings. The molecule has 0 radical (unpaired) electrons. The molecule has 0 spiro atoms. The van der Waals surface area contributed by atoms with Crippen LogP contribution >= 0.6 is 11.8 Å². The summed E-state index contributed by atoms with van der Waals surface area (Å²) in [5.74, 6) is 0.581. The van der Waals surface area contributed by atoms with Gasteiger partial charge in [-0.3, -0.25) is 9.59 Å². The van der Waals surface area contributed by atoms with Crippen molar-refractivity contribution < 1.29 is 14.3 Å². The Morgan fingerprint density at radius 2 is 2.16 bits per heavy atom. The first-order valence-electron chi connectivity index (χ1n) is 8.61. The molecule has 7 heteroatoms. The van der Waals surface area contributed by atoms with Crippen molar-refractivity contribution in [2.45, 2.75) is 24.3 Å². The molecule has 25 heavy (non-hydrogen) atoms. The highest BCUT2D eigenvalue weighted by Gasteiger charge is 2.24. The van der Waals surface area contributed by atoms with Crippen LogP contribution in [0, 0.1) is 5.92 Å². The molecule has 1 fully saturated rings. The first kappa shape index (κ1) is 19.8. The van der Waals surface area contributed by atoms with Gasteiger partial charge in [0.2, 0.25) is 5.91 Å². The minimum Gasteiger partial charge on any atom is -0.383 e. The number of methoxy groups -OCH3 is 1. The van der Waals surface area contributed by atoms with E-state index in [1.165, 1.54) is 11.8 Å². The maximum Gasteiger partial charge on any atom is 0.252 e. The molecule has 2 unspecified atom stereocenters. The van der Waals surface area contributed by atoms with Crippen molar-refractivity contribution >= 4 is 23.6 Å². The number of hydrogen-bond donors (Lipinski definition) is 3. The van der Waals surface area contributed by atoms with E-state index in [1.54, 1.807) is 13.2 Å². The number of ether oxygens (including phenoxy) is 1. The van der Waals surface area contributed by atoms with Crippen LogP contribution in [-0.2, 0) is 9.53 Å². The summed E-state index contributed by atoms with van der Waals surface area (Å²) in [7, 11) is 1.60. The van der Waals surface area contributed by atoms with Gasteiger partial charge in [-0.05, 0) is 31.0 Å². The fraction of sp³-hybridized carbons (Fsp3) is 0.556. The number of piperidine rings is 1. The normalized spacial score (nSPS) is 20.1. The van der Waals surface area contributed by atoms with Gasteiger partial charge >= 0.3 is 0 Å². The van der Waals surface area contributed by atoms with Crippen LogP contribution in [-0.4, -0.2) is 57.0 Å². The molecule has 6 nitrogen and oxygen atoms in total. The fourth-order valence-electron chi connectivity index (χ4n) is 2.70. The molecule has 2 rings (SSSR count). The molecule has 0 aromatic heterocycles. The van der Waals surface area contributed by atoms with E-state index in [9.17, 15) is 9.59 Å². The zero-order valence-corrected chi connectivity index (χ0v) is 15.7. The van der Waals surface area contributed by atoms with Crippen molar-refractivity contribution in [2.75, 3.05) is 39.1 Å². The molecule has 0 bridgehead atoms. The van der Waals surface area contributed by atoms with Crippen molar-refractivity contribution in [2.24, 2.45) is 5.92 Å². The smallest absolute Gasteiger partial charge is 0.252 e. The molecule has 1 aromatic rings. The van der Waals surface area contributed by atoms with Gasteiger partial charge in [0.25, 0.3) is 5.91 Å². The molecule has 3 N–H and O–H groups in total. The molecule has 2 amide bonds. The van der Waals surface area contributed by atoms with Crippen LogP contribution in [0.5, 0.6) is 0 Å².